The molecule has 1 fully saturated rings. The maximum Gasteiger partial charge on any atom is 0.122 e. The summed E-state index contributed by atoms with van der Waals surface area (Å²) in [5.41, 5.74) is 1.07. The standard InChI is InChI=1S/C14H20O3/c1-16-10-7-8-14(17-2)12(9-10)11-5-3-4-6-13(11)15/h7-9,11,13,15H,3-6H2,1-2H3/t11-,13-/m1/s1. The number of aliphatic hydroxyl groups excluding tert-OH is 1. The van der Waals surface area contributed by atoms with E-state index < -0.39 is 0 Å². The average Bonchev–Trinajstić information content (AvgIpc) is 2.38. The lowest BCUT2D eigenvalue weighted by Crippen LogP contribution is -2.23. The van der Waals surface area contributed by atoms with Crippen molar-refractivity contribution in [3.05, 3.63) is 23.8 Å². The summed E-state index contributed by atoms with van der Waals surface area (Å²) in [5, 5.41) is 10.1. The van der Waals surface area contributed by atoms with Crippen LogP contribution in [0.2, 0.25) is 0 Å². The Balaban J connectivity index is 2.33. The largest absolute Gasteiger partial charge is 0.497 e. The van der Waals surface area contributed by atoms with Crippen molar-refractivity contribution in [2.75, 3.05) is 14.2 Å². The first-order valence-corrected chi connectivity index (χ1v) is 6.16. The zero-order chi connectivity index (χ0) is 12.3. The first kappa shape index (κ1) is 12.2. The fourth-order valence-electron chi connectivity index (χ4n) is 2.60. The molecule has 0 saturated heterocycles. The summed E-state index contributed by atoms with van der Waals surface area (Å²) in [6.45, 7) is 0. The molecular weight excluding hydrogens is 216 g/mol. The predicted octanol–water partition coefficient (Wildman–Crippen LogP) is 2.72. The monoisotopic (exact) mass is 236 g/mol. The molecule has 0 heterocycles. The Bertz CT molecular complexity index is 376. The molecule has 0 aromatic heterocycles. The van der Waals surface area contributed by atoms with Crippen molar-refractivity contribution >= 4 is 0 Å². The van der Waals surface area contributed by atoms with E-state index >= 15 is 0 Å². The van der Waals surface area contributed by atoms with Gasteiger partial charge in [0, 0.05) is 11.5 Å². The topological polar surface area (TPSA) is 38.7 Å². The predicted molar refractivity (Wildman–Crippen MR) is 66.8 cm³/mol. The SMILES string of the molecule is COc1ccc(OC)c([C@H]2CCCC[C@H]2O)c1. The molecule has 1 saturated carbocycles. The van der Waals surface area contributed by atoms with Gasteiger partial charge in [0.15, 0.2) is 0 Å². The summed E-state index contributed by atoms with van der Waals surface area (Å²) in [6, 6.07) is 5.78. The van der Waals surface area contributed by atoms with Crippen molar-refractivity contribution in [3.63, 3.8) is 0 Å². The lowest BCUT2D eigenvalue weighted by Gasteiger charge is -2.29. The van der Waals surface area contributed by atoms with Crippen LogP contribution in [0.3, 0.4) is 0 Å². The highest BCUT2D eigenvalue weighted by Crippen LogP contribution is 2.39. The Labute approximate surface area is 102 Å². The first-order chi connectivity index (χ1) is 8.26. The molecule has 2 atom stereocenters. The van der Waals surface area contributed by atoms with E-state index in [2.05, 4.69) is 0 Å². The number of rotatable bonds is 3. The molecule has 1 aromatic carbocycles. The van der Waals surface area contributed by atoms with Gasteiger partial charge in [0.25, 0.3) is 0 Å². The van der Waals surface area contributed by atoms with Gasteiger partial charge in [-0.2, -0.15) is 0 Å². The van der Waals surface area contributed by atoms with Crippen LogP contribution in [0, 0.1) is 0 Å². The lowest BCUT2D eigenvalue weighted by molar-refractivity contribution is 0.105. The molecule has 3 nitrogen and oxygen atoms in total. The number of aliphatic hydroxyl groups is 1. The Hall–Kier alpha value is -1.22. The number of methoxy groups -OCH3 is 2. The lowest BCUT2D eigenvalue weighted by atomic mass is 9.81. The van der Waals surface area contributed by atoms with Crippen LogP contribution in [-0.4, -0.2) is 25.4 Å². The zero-order valence-electron chi connectivity index (χ0n) is 10.5. The van der Waals surface area contributed by atoms with Crippen LogP contribution in [0.4, 0.5) is 0 Å². The fourth-order valence-corrected chi connectivity index (χ4v) is 2.60. The molecular formula is C14H20O3. The molecule has 1 aliphatic carbocycles. The second-order valence-electron chi connectivity index (χ2n) is 4.57. The van der Waals surface area contributed by atoms with Crippen LogP contribution >= 0.6 is 0 Å². The minimum atomic E-state index is -0.259. The van der Waals surface area contributed by atoms with E-state index in [9.17, 15) is 5.11 Å². The Morgan fingerprint density at radius 1 is 1.12 bits per heavy atom. The summed E-state index contributed by atoms with van der Waals surface area (Å²) in [5.74, 6) is 1.84. The fraction of sp³-hybridized carbons (Fsp3) is 0.571. The van der Waals surface area contributed by atoms with Gasteiger partial charge in [-0.25, -0.2) is 0 Å². The summed E-state index contributed by atoms with van der Waals surface area (Å²) in [6.07, 6.45) is 3.92. The van der Waals surface area contributed by atoms with Crippen molar-refractivity contribution in [1.82, 2.24) is 0 Å². The molecule has 0 spiro atoms. The second-order valence-corrected chi connectivity index (χ2v) is 4.57. The van der Waals surface area contributed by atoms with Crippen LogP contribution in [-0.2, 0) is 0 Å². The maximum absolute atomic E-state index is 10.1. The van der Waals surface area contributed by atoms with Crippen LogP contribution in [0.5, 0.6) is 11.5 Å². The molecule has 0 aliphatic heterocycles. The third-order valence-corrected chi connectivity index (χ3v) is 3.57. The summed E-state index contributed by atoms with van der Waals surface area (Å²) in [7, 11) is 3.32. The number of hydrogen-bond acceptors (Lipinski definition) is 3. The third-order valence-electron chi connectivity index (χ3n) is 3.57. The van der Waals surface area contributed by atoms with E-state index in [4.69, 9.17) is 9.47 Å². The van der Waals surface area contributed by atoms with E-state index in [1.807, 2.05) is 18.2 Å². The summed E-state index contributed by atoms with van der Waals surface area (Å²) < 4.78 is 10.6. The first-order valence-electron chi connectivity index (χ1n) is 6.16. The molecule has 3 heteroatoms. The molecule has 17 heavy (non-hydrogen) atoms. The minimum Gasteiger partial charge on any atom is -0.497 e. The second kappa shape index (κ2) is 5.41. The van der Waals surface area contributed by atoms with E-state index in [-0.39, 0.29) is 12.0 Å². The number of benzene rings is 1. The van der Waals surface area contributed by atoms with E-state index in [1.54, 1.807) is 14.2 Å². The van der Waals surface area contributed by atoms with Crippen molar-refractivity contribution in [2.24, 2.45) is 0 Å². The smallest absolute Gasteiger partial charge is 0.122 e. The number of ether oxygens (including phenoxy) is 2. The molecule has 1 aliphatic rings. The van der Waals surface area contributed by atoms with Gasteiger partial charge in [0.1, 0.15) is 11.5 Å². The van der Waals surface area contributed by atoms with E-state index in [0.717, 1.165) is 36.3 Å². The molecule has 2 rings (SSSR count). The highest BCUT2D eigenvalue weighted by molar-refractivity contribution is 5.43. The van der Waals surface area contributed by atoms with E-state index in [0.29, 0.717) is 0 Å². The van der Waals surface area contributed by atoms with Gasteiger partial charge in [0.2, 0.25) is 0 Å². The normalized spacial score (nSPS) is 24.4. The molecule has 0 bridgehead atoms. The van der Waals surface area contributed by atoms with Crippen LogP contribution in [0.1, 0.15) is 37.2 Å². The quantitative estimate of drug-likeness (QED) is 0.877. The Morgan fingerprint density at radius 3 is 2.53 bits per heavy atom. The van der Waals surface area contributed by atoms with Gasteiger partial charge in [-0.3, -0.25) is 0 Å². The van der Waals surface area contributed by atoms with Crippen molar-refractivity contribution in [1.29, 1.82) is 0 Å². The van der Waals surface area contributed by atoms with Gasteiger partial charge in [-0.15, -0.1) is 0 Å². The maximum atomic E-state index is 10.1. The van der Waals surface area contributed by atoms with Crippen LogP contribution in [0.25, 0.3) is 0 Å². The minimum absolute atomic E-state index is 0.175. The molecule has 1 N–H and O–H groups in total. The van der Waals surface area contributed by atoms with Gasteiger partial charge < -0.3 is 14.6 Å². The van der Waals surface area contributed by atoms with Crippen LogP contribution < -0.4 is 9.47 Å². The van der Waals surface area contributed by atoms with Crippen molar-refractivity contribution in [3.8, 4) is 11.5 Å². The zero-order valence-corrected chi connectivity index (χ0v) is 10.5. The van der Waals surface area contributed by atoms with Gasteiger partial charge in [-0.05, 0) is 31.0 Å². The van der Waals surface area contributed by atoms with E-state index in [1.165, 1.54) is 6.42 Å². The highest BCUT2D eigenvalue weighted by Gasteiger charge is 2.27. The Morgan fingerprint density at radius 2 is 1.88 bits per heavy atom. The van der Waals surface area contributed by atoms with Gasteiger partial charge in [-0.1, -0.05) is 12.8 Å². The molecule has 94 valence electrons. The average molecular weight is 236 g/mol. The summed E-state index contributed by atoms with van der Waals surface area (Å²) >= 11 is 0. The molecule has 0 amide bonds. The van der Waals surface area contributed by atoms with Crippen LogP contribution in [0.15, 0.2) is 18.2 Å². The molecule has 0 unspecified atom stereocenters. The Kier molecular flexibility index (Phi) is 3.89. The molecule has 1 aromatic rings. The van der Waals surface area contributed by atoms with Gasteiger partial charge >= 0.3 is 0 Å². The highest BCUT2D eigenvalue weighted by atomic mass is 16.5. The number of hydrogen-bond donors (Lipinski definition) is 1. The summed E-state index contributed by atoms with van der Waals surface area (Å²) in [4.78, 5) is 0. The van der Waals surface area contributed by atoms with Gasteiger partial charge in [0.05, 0.1) is 20.3 Å². The third kappa shape index (κ3) is 2.55. The van der Waals surface area contributed by atoms with Crippen molar-refractivity contribution in [2.45, 2.75) is 37.7 Å². The van der Waals surface area contributed by atoms with Crippen molar-refractivity contribution < 1.29 is 14.6 Å². The molecule has 0 radical (unpaired) electrons.